The van der Waals surface area contributed by atoms with E-state index in [1.165, 1.54) is 11.8 Å². The van der Waals surface area contributed by atoms with E-state index in [9.17, 15) is 4.79 Å². The van der Waals surface area contributed by atoms with Crippen LogP contribution in [0.3, 0.4) is 0 Å². The van der Waals surface area contributed by atoms with E-state index >= 15 is 0 Å². The van der Waals surface area contributed by atoms with E-state index in [0.717, 1.165) is 37.3 Å². The van der Waals surface area contributed by atoms with Gasteiger partial charge in [-0.2, -0.15) is 0 Å². The van der Waals surface area contributed by atoms with Gasteiger partial charge in [0, 0.05) is 38.6 Å². The Kier molecular flexibility index (Phi) is 4.83. The number of thioether (sulfide) groups is 1. The van der Waals surface area contributed by atoms with Crippen molar-refractivity contribution in [3.63, 3.8) is 0 Å². The lowest BCUT2D eigenvalue weighted by atomic mass is 10.1. The van der Waals surface area contributed by atoms with Gasteiger partial charge in [0.15, 0.2) is 5.78 Å². The molecule has 4 nitrogen and oxygen atoms in total. The Morgan fingerprint density at radius 3 is 2.79 bits per heavy atom. The number of nitrogens with zero attached hydrogens (tertiary/aromatic N) is 2. The van der Waals surface area contributed by atoms with Crippen molar-refractivity contribution in [2.24, 2.45) is 0 Å². The summed E-state index contributed by atoms with van der Waals surface area (Å²) in [7, 11) is 0. The second kappa shape index (κ2) is 7.63. The standard InChI is InChI=1S/C22H14ClN3OS2/c23-14-7-5-13(6-8-14)17-10-28-21-20(17)22(26-12-25-21)29-11-19(27)16-9-24-18-4-2-1-3-15(16)18/h1-10,12,24H,11H2. The van der Waals surface area contributed by atoms with Gasteiger partial charge in [-0.05, 0) is 23.8 Å². The maximum atomic E-state index is 12.9. The normalized spacial score (nSPS) is 11.3. The number of hydrogen-bond donors (Lipinski definition) is 1. The van der Waals surface area contributed by atoms with Crippen molar-refractivity contribution in [2.45, 2.75) is 5.03 Å². The van der Waals surface area contributed by atoms with Crippen molar-refractivity contribution >= 4 is 61.6 Å². The number of hydrogen-bond acceptors (Lipinski definition) is 5. The first-order valence-electron chi connectivity index (χ1n) is 8.91. The molecule has 0 saturated heterocycles. The number of aromatic amines is 1. The van der Waals surface area contributed by atoms with Crippen molar-refractivity contribution in [3.05, 3.63) is 77.0 Å². The van der Waals surface area contributed by atoms with E-state index in [4.69, 9.17) is 11.6 Å². The van der Waals surface area contributed by atoms with Gasteiger partial charge in [0.2, 0.25) is 0 Å². The van der Waals surface area contributed by atoms with Crippen molar-refractivity contribution in [1.29, 1.82) is 0 Å². The number of H-pyrrole nitrogens is 1. The van der Waals surface area contributed by atoms with E-state index in [2.05, 4.69) is 20.3 Å². The number of ketones is 1. The van der Waals surface area contributed by atoms with Gasteiger partial charge in [0.05, 0.1) is 11.1 Å². The summed E-state index contributed by atoms with van der Waals surface area (Å²) in [5, 5.41) is 5.52. The van der Waals surface area contributed by atoms with E-state index < -0.39 is 0 Å². The monoisotopic (exact) mass is 435 g/mol. The molecule has 0 atom stereocenters. The third-order valence-corrected chi connectivity index (χ3v) is 6.85. The lowest BCUT2D eigenvalue weighted by molar-refractivity contribution is 0.102. The van der Waals surface area contributed by atoms with Crippen LogP contribution in [0.2, 0.25) is 5.02 Å². The predicted octanol–water partition coefficient (Wildman–Crippen LogP) is 6.47. The average Bonchev–Trinajstić information content (AvgIpc) is 3.37. The van der Waals surface area contributed by atoms with Crippen LogP contribution in [-0.4, -0.2) is 26.5 Å². The molecule has 1 N–H and O–H groups in total. The molecule has 29 heavy (non-hydrogen) atoms. The highest BCUT2D eigenvalue weighted by molar-refractivity contribution is 8.00. The number of nitrogens with one attached hydrogen (secondary N) is 1. The smallest absolute Gasteiger partial charge is 0.175 e. The molecular formula is C22H14ClN3OS2. The van der Waals surface area contributed by atoms with Crippen LogP contribution in [0, 0.1) is 0 Å². The van der Waals surface area contributed by atoms with E-state index in [-0.39, 0.29) is 5.78 Å². The Labute approximate surface area is 180 Å². The topological polar surface area (TPSA) is 58.6 Å². The van der Waals surface area contributed by atoms with Gasteiger partial charge in [-0.1, -0.05) is 53.7 Å². The zero-order valence-electron chi connectivity index (χ0n) is 15.1. The van der Waals surface area contributed by atoms with Crippen LogP contribution in [0.25, 0.3) is 32.2 Å². The van der Waals surface area contributed by atoms with Gasteiger partial charge in [-0.15, -0.1) is 11.3 Å². The summed E-state index contributed by atoms with van der Waals surface area (Å²) in [6.07, 6.45) is 3.34. The van der Waals surface area contributed by atoms with Crippen LogP contribution in [0.15, 0.2) is 71.5 Å². The molecule has 0 aliphatic heterocycles. The first-order chi connectivity index (χ1) is 14.2. The molecule has 3 heterocycles. The molecule has 3 aromatic heterocycles. The van der Waals surface area contributed by atoms with E-state index in [1.807, 2.05) is 48.5 Å². The maximum absolute atomic E-state index is 12.9. The summed E-state index contributed by atoms with van der Waals surface area (Å²) in [5.74, 6) is 0.381. The largest absolute Gasteiger partial charge is 0.360 e. The molecule has 142 valence electrons. The van der Waals surface area contributed by atoms with Gasteiger partial charge in [-0.25, -0.2) is 9.97 Å². The lowest BCUT2D eigenvalue weighted by Gasteiger charge is -2.05. The Balaban J connectivity index is 1.47. The highest BCUT2D eigenvalue weighted by atomic mass is 35.5. The van der Waals surface area contributed by atoms with E-state index in [1.54, 1.807) is 23.9 Å². The first-order valence-corrected chi connectivity index (χ1v) is 11.2. The molecule has 0 fully saturated rings. The molecule has 5 rings (SSSR count). The molecule has 0 radical (unpaired) electrons. The zero-order chi connectivity index (χ0) is 19.8. The average molecular weight is 436 g/mol. The second-order valence-electron chi connectivity index (χ2n) is 6.48. The maximum Gasteiger partial charge on any atom is 0.175 e. The fraction of sp³-hybridized carbons (Fsp3) is 0.0455. The summed E-state index contributed by atoms with van der Waals surface area (Å²) in [4.78, 5) is 25.8. The van der Waals surface area contributed by atoms with Crippen molar-refractivity contribution in [1.82, 2.24) is 15.0 Å². The van der Waals surface area contributed by atoms with Crippen LogP contribution in [0.4, 0.5) is 0 Å². The zero-order valence-corrected chi connectivity index (χ0v) is 17.4. The molecule has 5 aromatic rings. The van der Waals surface area contributed by atoms with E-state index in [0.29, 0.717) is 16.3 Å². The molecule has 0 bridgehead atoms. The number of carbonyl (C=O) groups excluding carboxylic acids is 1. The second-order valence-corrected chi connectivity index (χ2v) is 8.73. The quantitative estimate of drug-likeness (QED) is 0.195. The molecule has 0 aliphatic carbocycles. The molecule has 7 heteroatoms. The number of para-hydroxylation sites is 1. The molecule has 0 saturated carbocycles. The van der Waals surface area contributed by atoms with Crippen LogP contribution >= 0.6 is 34.7 Å². The summed E-state index contributed by atoms with van der Waals surface area (Å²) in [5.41, 5.74) is 3.79. The van der Waals surface area contributed by atoms with Crippen LogP contribution in [0.5, 0.6) is 0 Å². The minimum atomic E-state index is 0.0717. The number of fused-ring (bicyclic) bond motifs is 2. The van der Waals surface area contributed by atoms with Crippen molar-refractivity contribution in [3.8, 4) is 11.1 Å². The molecule has 0 amide bonds. The third-order valence-electron chi connectivity index (χ3n) is 4.72. The van der Waals surface area contributed by atoms with Crippen molar-refractivity contribution in [2.75, 3.05) is 5.75 Å². The van der Waals surface area contributed by atoms with Gasteiger partial charge >= 0.3 is 0 Å². The summed E-state index contributed by atoms with van der Waals surface area (Å²) >= 11 is 9.05. The predicted molar refractivity (Wildman–Crippen MR) is 121 cm³/mol. The Morgan fingerprint density at radius 1 is 1.10 bits per heavy atom. The van der Waals surface area contributed by atoms with Gasteiger partial charge in [-0.3, -0.25) is 4.79 Å². The number of aromatic nitrogens is 3. The third kappa shape index (κ3) is 3.44. The minimum Gasteiger partial charge on any atom is -0.360 e. The number of thiophene rings is 1. The number of benzene rings is 2. The number of halogens is 1. The fourth-order valence-electron chi connectivity index (χ4n) is 3.31. The minimum absolute atomic E-state index is 0.0717. The number of carbonyl (C=O) groups is 1. The summed E-state index contributed by atoms with van der Waals surface area (Å²) in [6, 6.07) is 15.5. The Morgan fingerprint density at radius 2 is 1.93 bits per heavy atom. The van der Waals surface area contributed by atoms with Gasteiger partial charge in [0.25, 0.3) is 0 Å². The number of rotatable bonds is 5. The summed E-state index contributed by atoms with van der Waals surface area (Å²) in [6.45, 7) is 0. The molecule has 0 unspecified atom stereocenters. The van der Waals surface area contributed by atoms with Crippen molar-refractivity contribution < 1.29 is 4.79 Å². The Hall–Kier alpha value is -2.67. The van der Waals surface area contributed by atoms with Gasteiger partial charge < -0.3 is 4.98 Å². The highest BCUT2D eigenvalue weighted by Gasteiger charge is 2.17. The Bertz CT molecular complexity index is 1340. The molecular weight excluding hydrogens is 422 g/mol. The molecule has 0 aliphatic rings. The molecule has 2 aromatic carbocycles. The summed E-state index contributed by atoms with van der Waals surface area (Å²) < 4.78 is 0. The van der Waals surface area contributed by atoms with Crippen LogP contribution in [0.1, 0.15) is 10.4 Å². The van der Waals surface area contributed by atoms with Crippen LogP contribution in [-0.2, 0) is 0 Å². The number of Topliss-reactive ketones (excluding diaryl/α,β-unsaturated/α-hetero) is 1. The highest BCUT2D eigenvalue weighted by Crippen LogP contribution is 2.38. The SMILES string of the molecule is O=C(CSc1ncnc2scc(-c3ccc(Cl)cc3)c12)c1c[nH]c2ccccc12. The van der Waals surface area contributed by atoms with Crippen LogP contribution < -0.4 is 0 Å². The van der Waals surface area contributed by atoms with Gasteiger partial charge in [0.1, 0.15) is 16.2 Å². The molecule has 0 spiro atoms. The fourth-order valence-corrected chi connectivity index (χ4v) is 5.32. The first kappa shape index (κ1) is 18.4. The lowest BCUT2D eigenvalue weighted by Crippen LogP contribution is -2.02.